The lowest BCUT2D eigenvalue weighted by molar-refractivity contribution is -0.277. The van der Waals surface area contributed by atoms with E-state index in [9.17, 15) is 55.2 Å². The first-order valence-electron chi connectivity index (χ1n) is 13.5. The molecule has 43 heavy (non-hydrogen) atoms. The van der Waals surface area contributed by atoms with Gasteiger partial charge in [0.15, 0.2) is 11.4 Å². The minimum atomic E-state index is -2.88. The normalized spacial score (nSPS) is 39.4. The molecule has 1 aromatic carbocycles. The van der Waals surface area contributed by atoms with Gasteiger partial charge in [0, 0.05) is 17.4 Å². The fourth-order valence-electron chi connectivity index (χ4n) is 6.88. The van der Waals surface area contributed by atoms with Gasteiger partial charge in [-0.05, 0) is 39.1 Å². The fraction of sp³-hybridized carbons (Fsp3) is 0.536. The van der Waals surface area contributed by atoms with Gasteiger partial charge in [0.25, 0.3) is 5.91 Å². The number of benzene rings is 1. The Morgan fingerprint density at radius 1 is 1.12 bits per heavy atom. The van der Waals surface area contributed by atoms with Crippen LogP contribution >= 0.6 is 0 Å². The van der Waals surface area contributed by atoms with Gasteiger partial charge in [-0.25, -0.2) is 0 Å². The van der Waals surface area contributed by atoms with E-state index in [4.69, 9.17) is 15.2 Å². The maximum atomic E-state index is 14.1. The molecule has 0 spiro atoms. The van der Waals surface area contributed by atoms with Gasteiger partial charge in [-0.15, -0.1) is 0 Å². The van der Waals surface area contributed by atoms with Crippen molar-refractivity contribution in [3.8, 4) is 5.75 Å². The van der Waals surface area contributed by atoms with Crippen LogP contribution in [-0.4, -0.2) is 126 Å². The first-order valence-corrected chi connectivity index (χ1v) is 13.5. The fourth-order valence-corrected chi connectivity index (χ4v) is 6.88. The molecule has 4 aliphatic rings. The molecule has 15 heteroatoms. The monoisotopic (exact) mass is 606 g/mol. The van der Waals surface area contributed by atoms with E-state index in [-0.39, 0.29) is 23.3 Å². The zero-order valence-corrected chi connectivity index (χ0v) is 23.4. The predicted octanol–water partition coefficient (Wildman–Crippen LogP) is -2.90. The van der Waals surface area contributed by atoms with Gasteiger partial charge < -0.3 is 56.1 Å². The quantitative estimate of drug-likeness (QED) is 0.152. The van der Waals surface area contributed by atoms with Crippen molar-refractivity contribution in [2.45, 2.75) is 61.3 Å². The molecule has 0 aromatic heterocycles. The molecular weight excluding hydrogens is 572 g/mol. The van der Waals surface area contributed by atoms with E-state index >= 15 is 0 Å². The molecule has 0 bridgehead atoms. The third-order valence-corrected chi connectivity index (χ3v) is 9.10. The van der Waals surface area contributed by atoms with Crippen molar-refractivity contribution in [2.75, 3.05) is 20.7 Å². The van der Waals surface area contributed by atoms with Crippen molar-refractivity contribution >= 4 is 23.2 Å². The molecule has 8 unspecified atom stereocenters. The molecule has 10 N–H and O–H groups in total. The minimum absolute atomic E-state index is 0.0557. The van der Waals surface area contributed by atoms with Crippen LogP contribution in [0.2, 0.25) is 0 Å². The zero-order valence-electron chi connectivity index (χ0n) is 23.4. The van der Waals surface area contributed by atoms with E-state index in [2.05, 4.69) is 0 Å². The van der Waals surface area contributed by atoms with Gasteiger partial charge in [0.1, 0.15) is 47.3 Å². The Kier molecular flexibility index (Phi) is 7.47. The summed E-state index contributed by atoms with van der Waals surface area (Å²) in [5, 5.41) is 86.6. The highest BCUT2D eigenvalue weighted by atomic mass is 16.7. The zero-order chi connectivity index (χ0) is 31.9. The largest absolute Gasteiger partial charge is 0.508 e. The number of Topliss-reactive ketones (excluding diaryl/α,β-unsaturated/α-hetero) is 2. The highest BCUT2D eigenvalue weighted by molar-refractivity contribution is 6.24. The average Bonchev–Trinajstić information content (AvgIpc) is 2.93. The number of nitrogens with two attached hydrogens (primary N) is 1. The van der Waals surface area contributed by atoms with Crippen LogP contribution in [0.5, 0.6) is 5.75 Å². The van der Waals surface area contributed by atoms with Crippen LogP contribution < -0.4 is 10.5 Å². The molecule has 1 aliphatic heterocycles. The van der Waals surface area contributed by atoms with E-state index in [1.807, 2.05) is 0 Å². The number of ether oxygens (including phenoxy) is 2. The molecule has 5 rings (SSSR count). The molecule has 3 aliphatic carbocycles. The second kappa shape index (κ2) is 10.3. The summed E-state index contributed by atoms with van der Waals surface area (Å²) in [6.45, 7) is 0.608. The summed E-state index contributed by atoms with van der Waals surface area (Å²) in [5.74, 6) is -8.44. The van der Waals surface area contributed by atoms with Crippen LogP contribution in [-0.2, 0) is 24.7 Å². The van der Waals surface area contributed by atoms with Gasteiger partial charge in [-0.3, -0.25) is 19.3 Å². The number of carbonyl (C=O) groups is 3. The van der Waals surface area contributed by atoms with Crippen molar-refractivity contribution < 1.29 is 64.7 Å². The molecule has 1 amide bonds. The van der Waals surface area contributed by atoms with Crippen LogP contribution in [0.4, 0.5) is 0 Å². The molecular formula is C28H34N2O13. The van der Waals surface area contributed by atoms with Gasteiger partial charge in [0.2, 0.25) is 12.1 Å². The summed E-state index contributed by atoms with van der Waals surface area (Å²) >= 11 is 0. The number of nitrogens with zero attached hydrogens (tertiary/aromatic N) is 1. The van der Waals surface area contributed by atoms with E-state index < -0.39 is 107 Å². The van der Waals surface area contributed by atoms with E-state index in [1.165, 1.54) is 44.1 Å². The van der Waals surface area contributed by atoms with Crippen LogP contribution in [0, 0.1) is 11.8 Å². The number of hydrogen-bond acceptors (Lipinski definition) is 14. The Morgan fingerprint density at radius 3 is 2.35 bits per heavy atom. The number of rotatable bonds is 5. The van der Waals surface area contributed by atoms with Crippen molar-refractivity contribution in [1.82, 2.24) is 4.90 Å². The summed E-state index contributed by atoms with van der Waals surface area (Å²) < 4.78 is 11.2. The molecule has 1 aromatic rings. The predicted molar refractivity (Wildman–Crippen MR) is 143 cm³/mol. The first kappa shape index (κ1) is 31.0. The number of ketones is 2. The second-order valence-electron chi connectivity index (χ2n) is 11.8. The van der Waals surface area contributed by atoms with Gasteiger partial charge in [-0.1, -0.05) is 12.1 Å². The van der Waals surface area contributed by atoms with Crippen LogP contribution in [0.3, 0.4) is 0 Å². The summed E-state index contributed by atoms with van der Waals surface area (Å²) in [6, 6.07) is 2.86. The van der Waals surface area contributed by atoms with Crippen LogP contribution in [0.15, 0.2) is 35.1 Å². The molecule has 10 atom stereocenters. The number of primary amides is 1. The number of likely N-dealkylation sites (N-methyl/N-ethyl adjacent to an activating group) is 1. The number of amides is 1. The summed E-state index contributed by atoms with van der Waals surface area (Å²) in [6.07, 6.45) is -8.59. The summed E-state index contributed by atoms with van der Waals surface area (Å²) in [7, 11) is 2.93. The van der Waals surface area contributed by atoms with E-state index in [0.717, 1.165) is 0 Å². The second-order valence-corrected chi connectivity index (χ2v) is 11.8. The molecule has 1 saturated carbocycles. The number of aliphatic hydroxyl groups is 8. The SMILES string of the molecule is CN(C)C1C(=O)C(C(N)=O)=C(O)[C@@]2(O)C(=O)C3=C(O)c4c(OC5OC(CO)C(O)C(O)C5O)cccc4[C@@](C)(O)C3CC12. The average molecular weight is 607 g/mol. The van der Waals surface area contributed by atoms with Crippen LogP contribution in [0.1, 0.15) is 24.5 Å². The standard InChI is InChI=1S/C28H34N2O13/c1-27(40)9-5-4-6-12(42-26-22(36)21(35)18(32)13(8-31)43-26)14(9)19(33)15-10(27)7-11-17(30(2)3)20(34)16(25(29)39)24(38)28(11,41)23(15)37/h4-6,10-11,13,17-18,21-22,26,31-33,35-36,38,40-41H,7-8H2,1-3H3,(H2,29,39)/t10?,11?,13?,17?,18?,21?,22?,26?,27-,28+/m1/s1. The van der Waals surface area contributed by atoms with Crippen molar-refractivity contribution in [3.05, 3.63) is 46.2 Å². The van der Waals surface area contributed by atoms with Gasteiger partial charge in [0.05, 0.1) is 23.8 Å². The Morgan fingerprint density at radius 2 is 1.77 bits per heavy atom. The molecule has 1 heterocycles. The lowest BCUT2D eigenvalue weighted by Crippen LogP contribution is -2.67. The molecule has 1 saturated heterocycles. The Hall–Kier alpha value is -3.41. The first-order chi connectivity index (χ1) is 20.0. The van der Waals surface area contributed by atoms with E-state index in [1.54, 1.807) is 0 Å². The Balaban J connectivity index is 1.67. The highest BCUT2D eigenvalue weighted by Crippen LogP contribution is 2.57. The lowest BCUT2D eigenvalue weighted by Gasteiger charge is -2.53. The van der Waals surface area contributed by atoms with Crippen molar-refractivity contribution in [3.63, 3.8) is 0 Å². The summed E-state index contributed by atoms with van der Waals surface area (Å²) in [5.41, 5.74) is -1.17. The van der Waals surface area contributed by atoms with Crippen LogP contribution in [0.25, 0.3) is 5.76 Å². The minimum Gasteiger partial charge on any atom is -0.508 e. The van der Waals surface area contributed by atoms with Crippen molar-refractivity contribution in [2.24, 2.45) is 17.6 Å². The third-order valence-electron chi connectivity index (χ3n) is 9.10. The topological polar surface area (TPSA) is 261 Å². The number of carbonyl (C=O) groups excluding carboxylic acids is 3. The smallest absolute Gasteiger partial charge is 0.255 e. The number of aliphatic hydroxyl groups excluding tert-OH is 6. The number of hydrogen-bond donors (Lipinski definition) is 9. The number of fused-ring (bicyclic) bond motifs is 3. The highest BCUT2D eigenvalue weighted by Gasteiger charge is 2.66. The van der Waals surface area contributed by atoms with E-state index in [0.29, 0.717) is 0 Å². The molecule has 0 radical (unpaired) electrons. The lowest BCUT2D eigenvalue weighted by atomic mass is 9.54. The maximum absolute atomic E-state index is 14.1. The molecule has 234 valence electrons. The Bertz CT molecular complexity index is 1450. The molecule has 15 nitrogen and oxygen atoms in total. The molecule has 2 fully saturated rings. The Labute approximate surface area is 244 Å². The maximum Gasteiger partial charge on any atom is 0.255 e. The summed E-state index contributed by atoms with van der Waals surface area (Å²) in [4.78, 5) is 40.9. The van der Waals surface area contributed by atoms with Gasteiger partial charge >= 0.3 is 0 Å². The third kappa shape index (κ3) is 4.22. The van der Waals surface area contributed by atoms with Crippen molar-refractivity contribution in [1.29, 1.82) is 0 Å². The van der Waals surface area contributed by atoms with Gasteiger partial charge in [-0.2, -0.15) is 0 Å².